The number of aryl methyl sites for hydroxylation is 6. The van der Waals surface area contributed by atoms with Crippen molar-refractivity contribution in [1.29, 1.82) is 0 Å². The van der Waals surface area contributed by atoms with E-state index in [1.807, 2.05) is 83.1 Å². The minimum absolute atomic E-state index is 1.30. The van der Waals surface area contributed by atoms with Gasteiger partial charge < -0.3 is 9.13 Å². The van der Waals surface area contributed by atoms with E-state index >= 15 is 0 Å². The van der Waals surface area contributed by atoms with Crippen LogP contribution in [0.4, 0.5) is 0 Å². The monoisotopic (exact) mass is 927 g/mol. The molecule has 70 heavy (non-hydrogen) atoms. The lowest BCUT2D eigenvalue weighted by atomic mass is 9.95. The molecule has 0 amide bonds. The predicted octanol–water partition coefficient (Wildman–Crippen LogP) is 21.5. The highest BCUT2D eigenvalue weighted by atomic mass is 14.9. The molecule has 12 rings (SSSR count). The van der Waals surface area contributed by atoms with Crippen LogP contribution in [0, 0.1) is 27.7 Å². The first-order valence-electron chi connectivity index (χ1n) is 26.3. The first kappa shape index (κ1) is 55.7. The first-order valence-corrected chi connectivity index (χ1v) is 26.3. The van der Waals surface area contributed by atoms with Gasteiger partial charge in [0.2, 0.25) is 0 Å². The van der Waals surface area contributed by atoms with Gasteiger partial charge >= 0.3 is 0 Å². The number of rotatable bonds is 0. The molecule has 0 aliphatic rings. The topological polar surface area (TPSA) is 9.86 Å². The molecule has 364 valence electrons. The van der Waals surface area contributed by atoms with Crippen molar-refractivity contribution in [2.24, 2.45) is 14.1 Å². The summed E-state index contributed by atoms with van der Waals surface area (Å²) >= 11 is 0. The summed E-state index contributed by atoms with van der Waals surface area (Å²) in [4.78, 5) is 0. The fourth-order valence-electron chi connectivity index (χ4n) is 9.19. The van der Waals surface area contributed by atoms with Gasteiger partial charge in [-0.15, -0.1) is 0 Å². The second kappa shape index (κ2) is 26.7. The van der Waals surface area contributed by atoms with E-state index < -0.39 is 0 Å². The smallest absolute Gasteiger partial charge is 0.0495 e. The maximum absolute atomic E-state index is 2.32. The molecule has 12 aromatic rings. The molecule has 0 atom stereocenters. The number of benzene rings is 10. The quantitative estimate of drug-likeness (QED) is 0.134. The molecule has 2 nitrogen and oxygen atoms in total. The number of aromatic nitrogens is 2. The van der Waals surface area contributed by atoms with Crippen molar-refractivity contribution < 1.29 is 0 Å². The molecular formula is C68H82N2. The van der Waals surface area contributed by atoms with Crippen molar-refractivity contribution in [3.8, 4) is 0 Å². The van der Waals surface area contributed by atoms with Gasteiger partial charge in [-0.25, -0.2) is 0 Å². The van der Waals surface area contributed by atoms with E-state index in [1.165, 1.54) is 120 Å². The Morgan fingerprint density at radius 1 is 0.243 bits per heavy atom. The van der Waals surface area contributed by atoms with Crippen molar-refractivity contribution in [2.75, 3.05) is 0 Å². The highest BCUT2D eigenvalue weighted by Gasteiger charge is 2.11. The summed E-state index contributed by atoms with van der Waals surface area (Å²) in [7, 11) is 4.30. The van der Waals surface area contributed by atoms with Crippen molar-refractivity contribution in [3.63, 3.8) is 0 Å². The summed E-state index contributed by atoms with van der Waals surface area (Å²) in [5.41, 5.74) is 10.5. The van der Waals surface area contributed by atoms with Crippen LogP contribution in [0.15, 0.2) is 170 Å². The molecule has 0 radical (unpaired) electrons. The van der Waals surface area contributed by atoms with E-state index in [4.69, 9.17) is 0 Å². The van der Waals surface area contributed by atoms with Crippen LogP contribution >= 0.6 is 0 Å². The van der Waals surface area contributed by atoms with E-state index in [-0.39, 0.29) is 0 Å². The fourth-order valence-corrected chi connectivity index (χ4v) is 9.19. The lowest BCUT2D eigenvalue weighted by molar-refractivity contribution is 1.01. The third-order valence-corrected chi connectivity index (χ3v) is 12.3. The standard InChI is InChI=1S/C20H16.2C18H15N.6C2H6/c1-13-3-5-15-7-9-17-10-8-16-6-4-14(2)12-19(16)20(17)18(15)11-13;1-12-6-5-7-13-10-16-14-8-3-4-9-17(14)19(2)18(16)11-15(12)13;1-12-7-8-15-16-10-13-5-3-4-6-14(13)11-18(16)19(2)17(15)9-12;6*1-2/h3-12H,1-2H3;2*3-11H,1-2H3;6*1-2H3. The molecule has 0 aliphatic heterocycles. The molecule has 0 spiro atoms. The normalized spacial score (nSPS) is 10.1. The van der Waals surface area contributed by atoms with Crippen LogP contribution in [0.25, 0.3) is 97.5 Å². The van der Waals surface area contributed by atoms with E-state index in [0.717, 1.165) is 0 Å². The minimum Gasteiger partial charge on any atom is -0.344 e. The Labute approximate surface area is 421 Å². The summed E-state index contributed by atoms with van der Waals surface area (Å²) < 4.78 is 4.58. The molecule has 0 N–H and O–H groups in total. The lowest BCUT2D eigenvalue weighted by Gasteiger charge is -2.09. The van der Waals surface area contributed by atoms with Gasteiger partial charge in [0.05, 0.1) is 0 Å². The lowest BCUT2D eigenvalue weighted by Crippen LogP contribution is -1.86. The molecule has 0 saturated heterocycles. The third-order valence-electron chi connectivity index (χ3n) is 12.3. The number of hydrogen-bond acceptors (Lipinski definition) is 0. The van der Waals surface area contributed by atoms with Crippen molar-refractivity contribution in [1.82, 2.24) is 9.13 Å². The van der Waals surface area contributed by atoms with E-state index in [0.29, 0.717) is 0 Å². The Bertz CT molecular complexity index is 3500. The molecule has 2 heterocycles. The second-order valence-corrected chi connectivity index (χ2v) is 16.2. The predicted molar refractivity (Wildman–Crippen MR) is 322 cm³/mol. The van der Waals surface area contributed by atoms with Gasteiger partial charge in [0, 0.05) is 57.7 Å². The molecule has 2 aromatic heterocycles. The molecule has 0 saturated carbocycles. The summed E-state index contributed by atoms with van der Waals surface area (Å²) in [6, 6.07) is 61.9. The third kappa shape index (κ3) is 11.6. The van der Waals surface area contributed by atoms with Gasteiger partial charge in [-0.3, -0.25) is 0 Å². The molecule has 0 unspecified atom stereocenters. The number of fused-ring (bicyclic) bond motifs is 13. The van der Waals surface area contributed by atoms with Crippen LogP contribution in [0.5, 0.6) is 0 Å². The minimum atomic E-state index is 1.30. The molecule has 0 bridgehead atoms. The van der Waals surface area contributed by atoms with Gasteiger partial charge in [0.15, 0.2) is 0 Å². The van der Waals surface area contributed by atoms with Crippen LogP contribution in [-0.2, 0) is 14.1 Å². The highest BCUT2D eigenvalue weighted by Crippen LogP contribution is 2.35. The van der Waals surface area contributed by atoms with Crippen molar-refractivity contribution in [2.45, 2.75) is 111 Å². The van der Waals surface area contributed by atoms with E-state index in [1.54, 1.807) is 0 Å². The zero-order chi connectivity index (χ0) is 51.7. The molecule has 10 aromatic carbocycles. The van der Waals surface area contributed by atoms with Gasteiger partial charge in [-0.05, 0) is 129 Å². The Hall–Kier alpha value is -6.90. The van der Waals surface area contributed by atoms with E-state index in [9.17, 15) is 0 Å². The number of hydrogen-bond donors (Lipinski definition) is 0. The summed E-state index contributed by atoms with van der Waals surface area (Å²) in [6.07, 6.45) is 0. The average molecular weight is 927 g/mol. The van der Waals surface area contributed by atoms with Crippen molar-refractivity contribution in [3.05, 3.63) is 192 Å². The largest absolute Gasteiger partial charge is 0.344 e. The number of nitrogens with zero attached hydrogens (tertiary/aromatic N) is 2. The SMILES string of the molecule is CC.CC.CC.CC.CC.CC.Cc1ccc2c3cc4ccccc4cc3n(C)c2c1.Cc1ccc2ccc3ccc4ccc(C)cc4c3c2c1.Cc1cccc2cc3c4ccccc4n(C)c3cc12. The Morgan fingerprint density at radius 2 is 0.643 bits per heavy atom. The number of para-hydroxylation sites is 1. The summed E-state index contributed by atoms with van der Waals surface area (Å²) in [5.74, 6) is 0. The second-order valence-electron chi connectivity index (χ2n) is 16.2. The molecule has 2 heteroatoms. The van der Waals surface area contributed by atoms with Crippen LogP contribution in [0.3, 0.4) is 0 Å². The zero-order valence-corrected chi connectivity index (χ0v) is 46.1. The van der Waals surface area contributed by atoms with Crippen LogP contribution < -0.4 is 0 Å². The first-order chi connectivity index (χ1) is 34.2. The fraction of sp³-hybridized carbons (Fsp3) is 0.265. The maximum atomic E-state index is 2.32. The molecule has 0 fully saturated rings. The van der Waals surface area contributed by atoms with Crippen LogP contribution in [-0.4, -0.2) is 9.13 Å². The van der Waals surface area contributed by atoms with Crippen LogP contribution in [0.1, 0.15) is 105 Å². The summed E-state index contributed by atoms with van der Waals surface area (Å²) in [5, 5.41) is 18.7. The van der Waals surface area contributed by atoms with Crippen LogP contribution in [0.2, 0.25) is 0 Å². The average Bonchev–Trinajstić information content (AvgIpc) is 3.85. The Morgan fingerprint density at radius 3 is 1.23 bits per heavy atom. The van der Waals surface area contributed by atoms with Gasteiger partial charge in [0.1, 0.15) is 0 Å². The zero-order valence-electron chi connectivity index (χ0n) is 46.1. The van der Waals surface area contributed by atoms with Crippen molar-refractivity contribution >= 4 is 97.5 Å². The van der Waals surface area contributed by atoms with E-state index in [2.05, 4.69) is 221 Å². The van der Waals surface area contributed by atoms with Gasteiger partial charge in [0.25, 0.3) is 0 Å². The Balaban J connectivity index is 0.000000206. The summed E-state index contributed by atoms with van der Waals surface area (Å²) in [6.45, 7) is 32.6. The molecule has 0 aliphatic carbocycles. The molecular weight excluding hydrogens is 845 g/mol. The van der Waals surface area contributed by atoms with Gasteiger partial charge in [-0.2, -0.15) is 0 Å². The van der Waals surface area contributed by atoms with Gasteiger partial charge in [-0.1, -0.05) is 228 Å². The highest BCUT2D eigenvalue weighted by molar-refractivity contribution is 6.20. The Kier molecular flexibility index (Phi) is 21.3. The maximum Gasteiger partial charge on any atom is 0.0495 e.